The smallest absolute Gasteiger partial charge is 0.462 e. The second kappa shape index (κ2) is 64.4. The topological polar surface area (TPSA) is 237 Å². The Hall–Kier alpha value is -1.94. The van der Waals surface area contributed by atoms with Crippen LogP contribution in [0.2, 0.25) is 0 Å². The second-order valence-corrected chi connectivity index (χ2v) is 28.8. The third-order valence-electron chi connectivity index (χ3n) is 16.9. The number of esters is 4. The molecule has 0 saturated heterocycles. The minimum Gasteiger partial charge on any atom is -0.462 e. The lowest BCUT2D eigenvalue weighted by molar-refractivity contribution is -0.161. The number of phosphoric acid groups is 2. The number of ether oxygens (including phenoxy) is 4. The van der Waals surface area contributed by atoms with Crippen LogP contribution in [0.25, 0.3) is 0 Å². The summed E-state index contributed by atoms with van der Waals surface area (Å²) < 4.78 is 68.1. The van der Waals surface area contributed by atoms with Crippen LogP contribution in [0.1, 0.15) is 369 Å². The van der Waals surface area contributed by atoms with E-state index in [9.17, 15) is 43.2 Å². The van der Waals surface area contributed by atoms with Crippen LogP contribution in [-0.2, 0) is 65.4 Å². The van der Waals surface area contributed by atoms with E-state index in [-0.39, 0.29) is 25.7 Å². The van der Waals surface area contributed by atoms with Crippen molar-refractivity contribution in [3.8, 4) is 0 Å². The van der Waals surface area contributed by atoms with Gasteiger partial charge in [-0.15, -0.1) is 0 Å². The van der Waals surface area contributed by atoms with Crippen molar-refractivity contribution in [1.29, 1.82) is 0 Å². The molecule has 534 valence electrons. The lowest BCUT2D eigenvalue weighted by Crippen LogP contribution is -2.30. The van der Waals surface area contributed by atoms with Gasteiger partial charge < -0.3 is 33.8 Å². The van der Waals surface area contributed by atoms with Crippen LogP contribution >= 0.6 is 15.6 Å². The van der Waals surface area contributed by atoms with E-state index in [1.54, 1.807) is 0 Å². The highest BCUT2D eigenvalue weighted by Gasteiger charge is 2.30. The summed E-state index contributed by atoms with van der Waals surface area (Å²) in [4.78, 5) is 72.3. The summed E-state index contributed by atoms with van der Waals surface area (Å²) in [6.07, 6.45) is 51.7. The molecule has 0 bridgehead atoms. The van der Waals surface area contributed by atoms with Gasteiger partial charge in [0.2, 0.25) is 0 Å². The summed E-state index contributed by atoms with van der Waals surface area (Å²) in [5.74, 6) is -1.36. The molecular formula is C71H138O17P2. The molecule has 0 aromatic rings. The second-order valence-electron chi connectivity index (χ2n) is 25.9. The molecule has 0 aliphatic carbocycles. The zero-order chi connectivity index (χ0) is 66.3. The van der Waals surface area contributed by atoms with Crippen molar-refractivity contribution in [3.63, 3.8) is 0 Å². The van der Waals surface area contributed by atoms with Crippen molar-refractivity contribution in [2.45, 2.75) is 387 Å². The molecule has 0 aliphatic heterocycles. The number of rotatable bonds is 71. The first-order valence-electron chi connectivity index (χ1n) is 37.2. The minimum absolute atomic E-state index is 0.104. The molecule has 0 radical (unpaired) electrons. The fourth-order valence-corrected chi connectivity index (χ4v) is 12.4. The fraction of sp³-hybridized carbons (Fsp3) is 0.944. The Labute approximate surface area is 549 Å². The lowest BCUT2D eigenvalue weighted by atomic mass is 9.99. The first kappa shape index (κ1) is 88.1. The van der Waals surface area contributed by atoms with E-state index in [0.29, 0.717) is 25.7 Å². The number of phosphoric ester groups is 2. The van der Waals surface area contributed by atoms with Crippen molar-refractivity contribution < 1.29 is 80.2 Å². The van der Waals surface area contributed by atoms with Crippen molar-refractivity contribution in [1.82, 2.24) is 0 Å². The minimum atomic E-state index is -4.95. The quantitative estimate of drug-likeness (QED) is 0.0222. The molecule has 17 nitrogen and oxygen atoms in total. The summed E-state index contributed by atoms with van der Waals surface area (Å²) in [5, 5.41) is 10.6. The molecule has 0 aromatic carbocycles. The Kier molecular flexibility index (Phi) is 63.0. The predicted molar refractivity (Wildman–Crippen MR) is 363 cm³/mol. The zero-order valence-electron chi connectivity index (χ0n) is 58.3. The number of hydrogen-bond donors (Lipinski definition) is 3. The third-order valence-corrected chi connectivity index (χ3v) is 18.8. The summed E-state index contributed by atoms with van der Waals surface area (Å²) in [5.41, 5.74) is 0. The van der Waals surface area contributed by atoms with Crippen LogP contribution in [0.3, 0.4) is 0 Å². The van der Waals surface area contributed by atoms with Crippen molar-refractivity contribution in [3.05, 3.63) is 0 Å². The van der Waals surface area contributed by atoms with Crippen LogP contribution in [0.5, 0.6) is 0 Å². The Bertz CT molecular complexity index is 1740. The van der Waals surface area contributed by atoms with Crippen molar-refractivity contribution in [2.75, 3.05) is 39.6 Å². The summed E-state index contributed by atoms with van der Waals surface area (Å²) in [6, 6.07) is 0. The highest BCUT2D eigenvalue weighted by molar-refractivity contribution is 7.47. The van der Waals surface area contributed by atoms with Gasteiger partial charge in [-0.2, -0.15) is 0 Å². The van der Waals surface area contributed by atoms with E-state index in [1.807, 2.05) is 0 Å². The van der Waals surface area contributed by atoms with E-state index in [0.717, 1.165) is 102 Å². The van der Waals surface area contributed by atoms with Gasteiger partial charge in [0.15, 0.2) is 12.2 Å². The van der Waals surface area contributed by atoms with Crippen LogP contribution in [0.4, 0.5) is 0 Å². The Morgan fingerprint density at radius 3 is 0.789 bits per heavy atom. The summed E-state index contributed by atoms with van der Waals surface area (Å²) >= 11 is 0. The maximum absolute atomic E-state index is 13.0. The normalized spacial score (nSPS) is 14.4. The van der Waals surface area contributed by atoms with Gasteiger partial charge in [-0.25, -0.2) is 9.13 Å². The van der Waals surface area contributed by atoms with Gasteiger partial charge in [-0.05, 0) is 31.6 Å². The van der Waals surface area contributed by atoms with Crippen LogP contribution in [0.15, 0.2) is 0 Å². The third kappa shape index (κ3) is 63.5. The monoisotopic (exact) mass is 1320 g/mol. The summed E-state index contributed by atoms with van der Waals surface area (Å²) in [6.45, 7) is 7.16. The highest BCUT2D eigenvalue weighted by atomic mass is 31.2. The fourth-order valence-electron chi connectivity index (χ4n) is 10.8. The van der Waals surface area contributed by atoms with E-state index >= 15 is 0 Å². The first-order valence-corrected chi connectivity index (χ1v) is 40.2. The van der Waals surface area contributed by atoms with E-state index in [2.05, 4.69) is 34.6 Å². The van der Waals surface area contributed by atoms with Crippen LogP contribution < -0.4 is 0 Å². The van der Waals surface area contributed by atoms with Gasteiger partial charge in [0.25, 0.3) is 0 Å². The van der Waals surface area contributed by atoms with Gasteiger partial charge in [-0.1, -0.05) is 317 Å². The van der Waals surface area contributed by atoms with Crippen LogP contribution in [0, 0.1) is 5.92 Å². The molecule has 0 heterocycles. The molecule has 0 rings (SSSR count). The van der Waals surface area contributed by atoms with Gasteiger partial charge >= 0.3 is 39.5 Å². The van der Waals surface area contributed by atoms with Crippen molar-refractivity contribution >= 4 is 39.5 Å². The van der Waals surface area contributed by atoms with Crippen LogP contribution in [-0.4, -0.2) is 96.7 Å². The predicted octanol–water partition coefficient (Wildman–Crippen LogP) is 20.5. The zero-order valence-corrected chi connectivity index (χ0v) is 60.1. The molecule has 0 fully saturated rings. The number of hydrogen-bond acceptors (Lipinski definition) is 15. The number of unbranched alkanes of at least 4 members (excludes halogenated alkanes) is 42. The molecule has 0 saturated carbocycles. The molecule has 0 aliphatic rings. The Balaban J connectivity index is 5.14. The Morgan fingerprint density at radius 1 is 0.311 bits per heavy atom. The number of carbonyl (C=O) groups is 4. The molecule has 3 unspecified atom stereocenters. The first-order chi connectivity index (χ1) is 43.6. The molecular weight excluding hydrogens is 1190 g/mol. The molecule has 0 aromatic heterocycles. The van der Waals surface area contributed by atoms with Gasteiger partial charge in [-0.3, -0.25) is 37.3 Å². The number of aliphatic hydroxyl groups excluding tert-OH is 1. The van der Waals surface area contributed by atoms with E-state index in [4.69, 9.17) is 37.0 Å². The molecule has 90 heavy (non-hydrogen) atoms. The average Bonchev–Trinajstić information content (AvgIpc) is 3.42. The number of aliphatic hydroxyl groups is 1. The molecule has 6 atom stereocenters. The summed E-state index contributed by atoms with van der Waals surface area (Å²) in [7, 11) is -9.89. The number of carbonyl (C=O) groups excluding carboxylic acids is 4. The van der Waals surface area contributed by atoms with E-state index in [1.165, 1.54) is 186 Å². The van der Waals surface area contributed by atoms with Gasteiger partial charge in [0.1, 0.15) is 19.3 Å². The molecule has 19 heteroatoms. The standard InChI is InChI=1S/C71H138O17P2/c1-6-10-13-16-18-20-22-24-26-27-28-29-30-32-34-36-41-46-51-56-70(75)88-67(61-82-69(74)55-50-45-40-35-33-31-25-23-21-19-17-14-11-7-2)63-86-90(79,80)84-59-65(72)58-83-89(77,78)85-62-66(60-81-68(73)54-49-43-15-12-8-3)87-71(76)57-52-47-42-38-37-39-44-48-53-64(5)9-4/h64-67,72H,6-63H2,1-5H3,(H,77,78)(H,79,80)/t64?,65-,66+,67+/m0/s1. The maximum Gasteiger partial charge on any atom is 0.472 e. The SMILES string of the molecule is CCCCCCCCCCCCCCCCCCCCCC(=O)O[C@H](COC(=O)CCCCCCCCCCCCCCCC)COP(=O)(O)OC[C@@H](O)COP(=O)(O)OC[C@@H](COC(=O)CCCCCCC)OC(=O)CCCCCCCCCCC(C)CC. The molecule has 3 N–H and O–H groups in total. The van der Waals surface area contributed by atoms with Gasteiger partial charge in [0.05, 0.1) is 26.4 Å². The average molecular weight is 1330 g/mol. The lowest BCUT2D eigenvalue weighted by Gasteiger charge is -2.21. The van der Waals surface area contributed by atoms with Crippen molar-refractivity contribution in [2.24, 2.45) is 5.92 Å². The molecule has 0 spiro atoms. The molecule has 0 amide bonds. The maximum atomic E-state index is 13.0. The Morgan fingerprint density at radius 2 is 0.533 bits per heavy atom. The largest absolute Gasteiger partial charge is 0.472 e. The van der Waals surface area contributed by atoms with Gasteiger partial charge in [0, 0.05) is 25.7 Å². The highest BCUT2D eigenvalue weighted by Crippen LogP contribution is 2.45. The van der Waals surface area contributed by atoms with E-state index < -0.39 is 97.5 Å².